The number of hydrogen-bond donors (Lipinski definition) is 0. The quantitative estimate of drug-likeness (QED) is 0.561. The Morgan fingerprint density at radius 1 is 1.23 bits per heavy atom. The molecule has 1 nitrogen and oxygen atoms in total. The summed E-state index contributed by atoms with van der Waals surface area (Å²) >= 11 is 0. The van der Waals surface area contributed by atoms with Gasteiger partial charge in [0.05, 0.1) is 0 Å². The van der Waals surface area contributed by atoms with E-state index in [0.29, 0.717) is 11.8 Å². The molecule has 0 spiro atoms. The molecule has 13 heavy (non-hydrogen) atoms. The van der Waals surface area contributed by atoms with Crippen molar-refractivity contribution in [2.45, 2.75) is 27.2 Å². The van der Waals surface area contributed by atoms with Crippen molar-refractivity contribution < 1.29 is 4.79 Å². The highest BCUT2D eigenvalue weighted by molar-refractivity contribution is 5.56. The van der Waals surface area contributed by atoms with E-state index >= 15 is 0 Å². The SMILES string of the molecule is CC1(C)C2=CC=C1C=C2.CCC=O. The van der Waals surface area contributed by atoms with Gasteiger partial charge in [0.25, 0.3) is 0 Å². The van der Waals surface area contributed by atoms with Crippen LogP contribution in [-0.2, 0) is 4.79 Å². The predicted octanol–water partition coefficient (Wildman–Crippen LogP) is 3.04. The highest BCUT2D eigenvalue weighted by Crippen LogP contribution is 2.45. The van der Waals surface area contributed by atoms with Gasteiger partial charge in [-0.15, -0.1) is 0 Å². The zero-order chi connectivity index (χ0) is 9.90. The fourth-order valence-corrected chi connectivity index (χ4v) is 1.47. The molecule has 0 aromatic carbocycles. The van der Waals surface area contributed by atoms with Crippen molar-refractivity contribution in [3.63, 3.8) is 0 Å². The van der Waals surface area contributed by atoms with Gasteiger partial charge in [-0.1, -0.05) is 45.1 Å². The van der Waals surface area contributed by atoms with E-state index in [9.17, 15) is 4.79 Å². The molecule has 0 aromatic heterocycles. The maximum atomic E-state index is 9.17. The zero-order valence-corrected chi connectivity index (χ0v) is 8.50. The van der Waals surface area contributed by atoms with Crippen LogP contribution in [0, 0.1) is 5.41 Å². The van der Waals surface area contributed by atoms with Crippen molar-refractivity contribution in [1.29, 1.82) is 0 Å². The van der Waals surface area contributed by atoms with Gasteiger partial charge in [0.1, 0.15) is 6.29 Å². The Kier molecular flexibility index (Phi) is 2.86. The summed E-state index contributed by atoms with van der Waals surface area (Å²) in [4.78, 5) is 9.17. The summed E-state index contributed by atoms with van der Waals surface area (Å²) < 4.78 is 0. The van der Waals surface area contributed by atoms with Crippen molar-refractivity contribution in [3.8, 4) is 0 Å². The van der Waals surface area contributed by atoms with Crippen molar-refractivity contribution in [1.82, 2.24) is 0 Å². The van der Waals surface area contributed by atoms with Crippen LogP contribution in [0.3, 0.4) is 0 Å². The van der Waals surface area contributed by atoms with Crippen LogP contribution in [0.15, 0.2) is 35.5 Å². The van der Waals surface area contributed by atoms with E-state index in [-0.39, 0.29) is 0 Å². The minimum Gasteiger partial charge on any atom is -0.303 e. The smallest absolute Gasteiger partial charge is 0.119 e. The molecule has 2 bridgehead atoms. The lowest BCUT2D eigenvalue weighted by atomic mass is 9.86. The monoisotopic (exact) mass is 176 g/mol. The minimum atomic E-state index is 0.333. The van der Waals surface area contributed by atoms with Crippen LogP contribution >= 0.6 is 0 Å². The van der Waals surface area contributed by atoms with E-state index in [1.165, 1.54) is 11.1 Å². The molecule has 0 fully saturated rings. The largest absolute Gasteiger partial charge is 0.303 e. The number of rotatable bonds is 1. The van der Waals surface area contributed by atoms with Gasteiger partial charge < -0.3 is 4.79 Å². The number of fused-ring (bicyclic) bond motifs is 2. The molecule has 0 aliphatic heterocycles. The Bertz CT molecular complexity index is 266. The van der Waals surface area contributed by atoms with Gasteiger partial charge in [0, 0.05) is 11.8 Å². The van der Waals surface area contributed by atoms with Crippen LogP contribution in [0.25, 0.3) is 0 Å². The number of aldehydes is 1. The summed E-state index contributed by atoms with van der Waals surface area (Å²) in [5, 5.41) is 0. The zero-order valence-electron chi connectivity index (χ0n) is 8.50. The van der Waals surface area contributed by atoms with Crippen LogP contribution in [0.4, 0.5) is 0 Å². The van der Waals surface area contributed by atoms with Gasteiger partial charge in [-0.3, -0.25) is 0 Å². The van der Waals surface area contributed by atoms with Crippen molar-refractivity contribution in [2.75, 3.05) is 0 Å². The fraction of sp³-hybridized carbons (Fsp3) is 0.417. The Balaban J connectivity index is 0.000000184. The predicted molar refractivity (Wildman–Crippen MR) is 55.4 cm³/mol. The lowest BCUT2D eigenvalue weighted by Crippen LogP contribution is -2.06. The molecule has 0 aromatic rings. The van der Waals surface area contributed by atoms with Gasteiger partial charge in [-0.05, 0) is 11.1 Å². The summed E-state index contributed by atoms with van der Waals surface area (Å²) in [5.41, 5.74) is 3.25. The van der Waals surface area contributed by atoms with Crippen LogP contribution in [0.2, 0.25) is 0 Å². The van der Waals surface area contributed by atoms with E-state index in [1.807, 2.05) is 6.92 Å². The average molecular weight is 176 g/mol. The molecule has 1 heteroatoms. The topological polar surface area (TPSA) is 17.1 Å². The number of allylic oxidation sites excluding steroid dienone is 6. The highest BCUT2D eigenvalue weighted by Gasteiger charge is 2.31. The Morgan fingerprint density at radius 2 is 1.62 bits per heavy atom. The molecule has 0 radical (unpaired) electrons. The van der Waals surface area contributed by atoms with Gasteiger partial charge in [-0.25, -0.2) is 0 Å². The Morgan fingerprint density at radius 3 is 1.69 bits per heavy atom. The molecule has 2 aliphatic rings. The summed E-state index contributed by atoms with van der Waals surface area (Å²) in [5.74, 6) is 0. The average Bonchev–Trinajstić information content (AvgIpc) is 2.58. The molecule has 0 atom stereocenters. The standard InChI is InChI=1S/C9H10.C3H6O/c1-9(2)7-3-4-8(9)6-5-7;1-2-3-4/h3-6H,1-2H3;3H,2H2,1H3. The second-order valence-corrected chi connectivity index (χ2v) is 3.78. The lowest BCUT2D eigenvalue weighted by molar-refractivity contribution is -0.107. The lowest BCUT2D eigenvalue weighted by Gasteiger charge is -2.17. The van der Waals surface area contributed by atoms with Crippen molar-refractivity contribution in [2.24, 2.45) is 5.41 Å². The molecule has 70 valence electrons. The molecule has 0 amide bonds. The number of hydrogen-bond acceptors (Lipinski definition) is 1. The first-order valence-corrected chi connectivity index (χ1v) is 4.67. The van der Waals surface area contributed by atoms with E-state index in [4.69, 9.17) is 0 Å². The van der Waals surface area contributed by atoms with E-state index in [2.05, 4.69) is 38.2 Å². The van der Waals surface area contributed by atoms with Gasteiger partial charge in [-0.2, -0.15) is 0 Å². The molecule has 0 saturated carbocycles. The van der Waals surface area contributed by atoms with E-state index in [0.717, 1.165) is 6.29 Å². The third kappa shape index (κ3) is 1.80. The summed E-state index contributed by atoms with van der Waals surface area (Å²) in [6, 6.07) is 0. The van der Waals surface area contributed by atoms with Crippen molar-refractivity contribution in [3.05, 3.63) is 35.5 Å². The van der Waals surface area contributed by atoms with Crippen molar-refractivity contribution >= 4 is 6.29 Å². The van der Waals surface area contributed by atoms with Crippen LogP contribution < -0.4 is 0 Å². The molecule has 0 saturated heterocycles. The normalized spacial score (nSPS) is 20.2. The molecule has 0 heterocycles. The third-order valence-corrected chi connectivity index (χ3v) is 2.49. The van der Waals surface area contributed by atoms with Gasteiger partial charge in [0.15, 0.2) is 0 Å². The molecule has 2 aliphatic carbocycles. The fourth-order valence-electron chi connectivity index (χ4n) is 1.47. The summed E-state index contributed by atoms with van der Waals surface area (Å²) in [6.07, 6.45) is 10.3. The molecule has 0 unspecified atom stereocenters. The summed E-state index contributed by atoms with van der Waals surface area (Å²) in [6.45, 7) is 6.34. The van der Waals surface area contributed by atoms with Crippen LogP contribution in [-0.4, -0.2) is 6.29 Å². The van der Waals surface area contributed by atoms with E-state index < -0.39 is 0 Å². The summed E-state index contributed by atoms with van der Waals surface area (Å²) in [7, 11) is 0. The van der Waals surface area contributed by atoms with Gasteiger partial charge in [0.2, 0.25) is 0 Å². The first-order valence-electron chi connectivity index (χ1n) is 4.67. The minimum absolute atomic E-state index is 0.333. The number of carbonyl (C=O) groups excluding carboxylic acids is 1. The maximum Gasteiger partial charge on any atom is 0.119 e. The van der Waals surface area contributed by atoms with Gasteiger partial charge >= 0.3 is 0 Å². The first kappa shape index (κ1) is 9.97. The molecular weight excluding hydrogens is 160 g/mol. The Hall–Kier alpha value is -1.11. The molecular formula is C12H16O. The molecule has 0 N–H and O–H groups in total. The second kappa shape index (κ2) is 3.73. The van der Waals surface area contributed by atoms with Crippen LogP contribution in [0.5, 0.6) is 0 Å². The number of carbonyl (C=O) groups is 1. The Labute approximate surface area is 79.8 Å². The van der Waals surface area contributed by atoms with E-state index in [1.54, 1.807) is 0 Å². The second-order valence-electron chi connectivity index (χ2n) is 3.78. The maximum absolute atomic E-state index is 9.17. The molecule has 2 rings (SSSR count). The highest BCUT2D eigenvalue weighted by atomic mass is 16.1. The third-order valence-electron chi connectivity index (χ3n) is 2.49. The first-order chi connectivity index (χ1) is 6.12. The van der Waals surface area contributed by atoms with Crippen LogP contribution in [0.1, 0.15) is 27.2 Å².